The van der Waals surface area contributed by atoms with E-state index in [1.807, 2.05) is 0 Å². The zero-order valence-electron chi connectivity index (χ0n) is 11.6. The molecule has 19 heavy (non-hydrogen) atoms. The van der Waals surface area contributed by atoms with Crippen LogP contribution in [0, 0.1) is 5.92 Å². The number of hydrogen-bond donors (Lipinski definition) is 1. The van der Waals surface area contributed by atoms with Crippen LogP contribution in [-0.4, -0.2) is 35.9 Å². The highest BCUT2D eigenvalue weighted by Crippen LogP contribution is 2.32. The molecule has 1 aliphatic heterocycles. The molecule has 106 valence electrons. The largest absolute Gasteiger partial charge is 0.381 e. The SMILES string of the molecule is CCCNC1CCOCC1c1nc(CC2CC2)no1. The van der Waals surface area contributed by atoms with Crippen LogP contribution in [0.15, 0.2) is 4.52 Å². The lowest BCUT2D eigenvalue weighted by Crippen LogP contribution is -2.41. The molecule has 0 spiro atoms. The highest BCUT2D eigenvalue weighted by Gasteiger charge is 2.32. The molecule has 5 nitrogen and oxygen atoms in total. The Labute approximate surface area is 114 Å². The van der Waals surface area contributed by atoms with Crippen LogP contribution in [0.4, 0.5) is 0 Å². The second-order valence-corrected chi connectivity index (χ2v) is 5.73. The third-order valence-electron chi connectivity index (χ3n) is 3.98. The fourth-order valence-corrected chi connectivity index (χ4v) is 2.64. The van der Waals surface area contributed by atoms with Gasteiger partial charge in [0.05, 0.1) is 12.5 Å². The average molecular weight is 265 g/mol. The first-order valence-corrected chi connectivity index (χ1v) is 7.50. The lowest BCUT2D eigenvalue weighted by molar-refractivity contribution is 0.0498. The van der Waals surface area contributed by atoms with Crippen molar-refractivity contribution < 1.29 is 9.26 Å². The Kier molecular flexibility index (Phi) is 4.13. The third kappa shape index (κ3) is 3.34. The molecule has 5 heteroatoms. The Balaban J connectivity index is 1.64. The summed E-state index contributed by atoms with van der Waals surface area (Å²) in [5.41, 5.74) is 0. The molecule has 0 bridgehead atoms. The van der Waals surface area contributed by atoms with E-state index < -0.39 is 0 Å². The van der Waals surface area contributed by atoms with Crippen LogP contribution >= 0.6 is 0 Å². The maximum absolute atomic E-state index is 5.58. The highest BCUT2D eigenvalue weighted by atomic mass is 16.5. The van der Waals surface area contributed by atoms with Gasteiger partial charge in [-0.2, -0.15) is 4.98 Å². The monoisotopic (exact) mass is 265 g/mol. The fourth-order valence-electron chi connectivity index (χ4n) is 2.64. The minimum absolute atomic E-state index is 0.209. The van der Waals surface area contributed by atoms with Gasteiger partial charge in [-0.1, -0.05) is 12.1 Å². The Morgan fingerprint density at radius 3 is 3.00 bits per heavy atom. The van der Waals surface area contributed by atoms with Gasteiger partial charge in [0.1, 0.15) is 0 Å². The lowest BCUT2D eigenvalue weighted by Gasteiger charge is -2.29. The van der Waals surface area contributed by atoms with Gasteiger partial charge in [-0.15, -0.1) is 0 Å². The van der Waals surface area contributed by atoms with Crippen LogP contribution in [-0.2, 0) is 11.2 Å². The summed E-state index contributed by atoms with van der Waals surface area (Å²) in [5, 5.41) is 7.69. The predicted molar refractivity (Wildman–Crippen MR) is 71.0 cm³/mol. The number of rotatable bonds is 6. The molecule has 2 fully saturated rings. The van der Waals surface area contributed by atoms with E-state index >= 15 is 0 Å². The zero-order valence-corrected chi connectivity index (χ0v) is 11.6. The highest BCUT2D eigenvalue weighted by molar-refractivity contribution is 5.02. The molecule has 2 unspecified atom stereocenters. The van der Waals surface area contributed by atoms with Crippen molar-refractivity contribution in [2.75, 3.05) is 19.8 Å². The summed E-state index contributed by atoms with van der Waals surface area (Å²) >= 11 is 0. The van der Waals surface area contributed by atoms with Crippen molar-refractivity contribution >= 4 is 0 Å². The van der Waals surface area contributed by atoms with Crippen molar-refractivity contribution in [1.82, 2.24) is 15.5 Å². The van der Waals surface area contributed by atoms with E-state index in [1.165, 1.54) is 12.8 Å². The van der Waals surface area contributed by atoms with Crippen LogP contribution in [0.3, 0.4) is 0 Å². The van der Waals surface area contributed by atoms with Crippen LogP contribution in [0.2, 0.25) is 0 Å². The van der Waals surface area contributed by atoms with E-state index in [0.29, 0.717) is 12.6 Å². The maximum atomic E-state index is 5.58. The zero-order chi connectivity index (χ0) is 13.1. The van der Waals surface area contributed by atoms with Gasteiger partial charge in [0.2, 0.25) is 5.89 Å². The van der Waals surface area contributed by atoms with E-state index in [0.717, 1.165) is 50.0 Å². The van der Waals surface area contributed by atoms with Crippen molar-refractivity contribution in [3.63, 3.8) is 0 Å². The first-order valence-electron chi connectivity index (χ1n) is 7.50. The van der Waals surface area contributed by atoms with Gasteiger partial charge in [0, 0.05) is 19.1 Å². The van der Waals surface area contributed by atoms with Crippen molar-refractivity contribution in [3.8, 4) is 0 Å². The molecule has 1 aliphatic carbocycles. The number of nitrogens with one attached hydrogen (secondary N) is 1. The molecule has 2 heterocycles. The molecule has 0 aromatic carbocycles. The molecule has 3 rings (SSSR count). The summed E-state index contributed by atoms with van der Waals surface area (Å²) < 4.78 is 11.0. The smallest absolute Gasteiger partial charge is 0.233 e. The maximum Gasteiger partial charge on any atom is 0.233 e. The van der Waals surface area contributed by atoms with Gasteiger partial charge < -0.3 is 14.6 Å². The second-order valence-electron chi connectivity index (χ2n) is 5.73. The van der Waals surface area contributed by atoms with E-state index in [4.69, 9.17) is 9.26 Å². The Bertz CT molecular complexity index is 403. The number of aromatic nitrogens is 2. The van der Waals surface area contributed by atoms with Crippen molar-refractivity contribution in [2.45, 2.75) is 51.0 Å². The van der Waals surface area contributed by atoms with Gasteiger partial charge in [0.25, 0.3) is 0 Å². The standard InChI is InChI=1S/C14H23N3O2/c1-2-6-15-12-5-7-18-9-11(12)14-16-13(17-19-14)8-10-3-4-10/h10-12,15H,2-9H2,1H3. The molecular weight excluding hydrogens is 242 g/mol. The quantitative estimate of drug-likeness (QED) is 0.851. The summed E-state index contributed by atoms with van der Waals surface area (Å²) in [4.78, 5) is 4.57. The number of ether oxygens (including phenoxy) is 1. The van der Waals surface area contributed by atoms with Crippen LogP contribution in [0.25, 0.3) is 0 Å². The van der Waals surface area contributed by atoms with E-state index in [-0.39, 0.29) is 5.92 Å². The molecular formula is C14H23N3O2. The van der Waals surface area contributed by atoms with Gasteiger partial charge in [0.15, 0.2) is 5.82 Å². The van der Waals surface area contributed by atoms with E-state index in [1.54, 1.807) is 0 Å². The molecule has 0 radical (unpaired) electrons. The predicted octanol–water partition coefficient (Wildman–Crippen LogP) is 1.89. The fraction of sp³-hybridized carbons (Fsp3) is 0.857. The minimum atomic E-state index is 0.209. The lowest BCUT2D eigenvalue weighted by atomic mass is 9.95. The van der Waals surface area contributed by atoms with Crippen molar-refractivity contribution in [1.29, 1.82) is 0 Å². The molecule has 1 saturated carbocycles. The molecule has 1 aromatic heterocycles. The molecule has 0 amide bonds. The van der Waals surface area contributed by atoms with Gasteiger partial charge in [-0.25, -0.2) is 0 Å². The Morgan fingerprint density at radius 1 is 1.32 bits per heavy atom. The normalized spacial score (nSPS) is 27.6. The summed E-state index contributed by atoms with van der Waals surface area (Å²) in [5.74, 6) is 2.63. The van der Waals surface area contributed by atoms with Crippen molar-refractivity contribution in [2.24, 2.45) is 5.92 Å². The van der Waals surface area contributed by atoms with Crippen LogP contribution in [0.5, 0.6) is 0 Å². The van der Waals surface area contributed by atoms with Crippen LogP contribution in [0.1, 0.15) is 50.2 Å². The summed E-state index contributed by atoms with van der Waals surface area (Å²) in [6.07, 6.45) is 5.77. The molecule has 1 aromatic rings. The van der Waals surface area contributed by atoms with Crippen LogP contribution < -0.4 is 5.32 Å². The topological polar surface area (TPSA) is 60.2 Å². The van der Waals surface area contributed by atoms with E-state index in [9.17, 15) is 0 Å². The Morgan fingerprint density at radius 2 is 2.21 bits per heavy atom. The van der Waals surface area contributed by atoms with Gasteiger partial charge >= 0.3 is 0 Å². The minimum Gasteiger partial charge on any atom is -0.381 e. The van der Waals surface area contributed by atoms with Crippen molar-refractivity contribution in [3.05, 3.63) is 11.7 Å². The molecule has 1 N–H and O–H groups in total. The summed E-state index contributed by atoms with van der Waals surface area (Å²) in [6, 6.07) is 0.405. The summed E-state index contributed by atoms with van der Waals surface area (Å²) in [6.45, 7) is 4.72. The van der Waals surface area contributed by atoms with Gasteiger partial charge in [-0.3, -0.25) is 0 Å². The van der Waals surface area contributed by atoms with E-state index in [2.05, 4.69) is 22.4 Å². The van der Waals surface area contributed by atoms with Gasteiger partial charge in [-0.05, 0) is 38.1 Å². The molecule has 1 saturated heterocycles. The number of hydrogen-bond acceptors (Lipinski definition) is 5. The first kappa shape index (κ1) is 13.1. The molecule has 2 atom stereocenters. The second kappa shape index (κ2) is 6.01. The first-order chi connectivity index (χ1) is 9.36. The summed E-state index contributed by atoms with van der Waals surface area (Å²) in [7, 11) is 0. The third-order valence-corrected chi connectivity index (χ3v) is 3.98. The molecule has 2 aliphatic rings. The Hall–Kier alpha value is -0.940. The average Bonchev–Trinajstić information content (AvgIpc) is 3.13. The number of nitrogens with zero attached hydrogens (tertiary/aromatic N) is 2.